The molecule has 0 bridgehead atoms. The van der Waals surface area contributed by atoms with E-state index >= 15 is 0 Å². The topological polar surface area (TPSA) is 135 Å². The van der Waals surface area contributed by atoms with Crippen LogP contribution < -0.4 is 14.8 Å². The summed E-state index contributed by atoms with van der Waals surface area (Å²) in [4.78, 5) is 28.2. The Hall–Kier alpha value is -4.58. The molecule has 2 N–H and O–H groups in total. The number of rotatable bonds is 8. The number of allylic oxidation sites excluding steroid dienone is 1. The van der Waals surface area contributed by atoms with Crippen molar-refractivity contribution in [2.45, 2.75) is 31.3 Å². The van der Waals surface area contributed by atoms with Gasteiger partial charge in [-0.25, -0.2) is 9.78 Å². The van der Waals surface area contributed by atoms with Crippen LogP contribution in [0.25, 0.3) is 0 Å². The van der Waals surface area contributed by atoms with Crippen LogP contribution in [0, 0.1) is 17.2 Å². The monoisotopic (exact) mass is 485 g/mol. The molecule has 9 heteroatoms. The number of carbonyl (C=O) groups is 2. The Kier molecular flexibility index (Phi) is 6.17. The Morgan fingerprint density at radius 1 is 1.31 bits per heavy atom. The summed E-state index contributed by atoms with van der Waals surface area (Å²) in [5.41, 5.74) is 2.23. The lowest BCUT2D eigenvalue weighted by atomic mass is 9.87. The minimum Gasteiger partial charge on any atom is -0.493 e. The molecule has 3 aromatic rings. The van der Waals surface area contributed by atoms with Crippen LogP contribution in [0.2, 0.25) is 0 Å². The van der Waals surface area contributed by atoms with Crippen molar-refractivity contribution in [3.05, 3.63) is 83.6 Å². The van der Waals surface area contributed by atoms with Crippen molar-refractivity contribution in [3.8, 4) is 17.6 Å². The van der Waals surface area contributed by atoms with Crippen molar-refractivity contribution in [3.63, 3.8) is 0 Å². The molecule has 1 fully saturated rings. The van der Waals surface area contributed by atoms with E-state index in [2.05, 4.69) is 16.4 Å². The number of nitrogens with one attached hydrogen (secondary N) is 1. The van der Waals surface area contributed by atoms with Gasteiger partial charge in [0.15, 0.2) is 6.61 Å². The maximum absolute atomic E-state index is 13.4. The van der Waals surface area contributed by atoms with Crippen LogP contribution in [0.3, 0.4) is 0 Å². The molecule has 1 aromatic heterocycles. The van der Waals surface area contributed by atoms with E-state index in [0.29, 0.717) is 48.8 Å². The van der Waals surface area contributed by atoms with E-state index in [1.54, 1.807) is 24.4 Å². The molecule has 0 radical (unpaired) electrons. The van der Waals surface area contributed by atoms with Crippen molar-refractivity contribution in [2.24, 2.45) is 5.92 Å². The van der Waals surface area contributed by atoms with Crippen LogP contribution in [0.1, 0.15) is 35.4 Å². The third-order valence-electron chi connectivity index (χ3n) is 6.63. The summed E-state index contributed by atoms with van der Waals surface area (Å²) in [6.45, 7) is 0.709. The Labute approximate surface area is 207 Å². The quantitative estimate of drug-likeness (QED) is 0.458. The molecule has 0 unspecified atom stereocenters. The smallest absolute Gasteiger partial charge is 0.327 e. The summed E-state index contributed by atoms with van der Waals surface area (Å²) in [6.07, 6.45) is 7.29. The van der Waals surface area contributed by atoms with Crippen molar-refractivity contribution in [1.29, 1.82) is 5.26 Å². The molecule has 2 aromatic carbocycles. The van der Waals surface area contributed by atoms with Gasteiger partial charge in [-0.1, -0.05) is 12.1 Å². The molecule has 9 nitrogen and oxygen atoms in total. The summed E-state index contributed by atoms with van der Waals surface area (Å²) >= 11 is 0. The number of hydrogen-bond donors (Lipinski definition) is 2. The predicted molar refractivity (Wildman–Crippen MR) is 127 cm³/mol. The normalized spacial score (nSPS) is 19.8. The molecule has 2 atom stereocenters. The number of oxazole rings is 1. The van der Waals surface area contributed by atoms with E-state index in [1.807, 2.05) is 18.2 Å². The first-order valence-electron chi connectivity index (χ1n) is 11.5. The number of aromatic nitrogens is 1. The lowest BCUT2D eigenvalue weighted by Gasteiger charge is -2.27. The lowest BCUT2D eigenvalue weighted by molar-refractivity contribution is -0.131. The zero-order chi connectivity index (χ0) is 25.1. The molecule has 2 aliphatic rings. The molecular weight excluding hydrogens is 462 g/mol. The average Bonchev–Trinajstić information content (AvgIpc) is 3.34. The first-order chi connectivity index (χ1) is 17.5. The second kappa shape index (κ2) is 9.58. The molecule has 2 heterocycles. The fourth-order valence-electron chi connectivity index (χ4n) is 4.73. The summed E-state index contributed by atoms with van der Waals surface area (Å²) in [6, 6.07) is 12.7. The minimum absolute atomic E-state index is 0.146. The van der Waals surface area contributed by atoms with Crippen LogP contribution in [-0.4, -0.2) is 28.6 Å². The molecule has 1 aliphatic carbocycles. The third kappa shape index (κ3) is 4.66. The van der Waals surface area contributed by atoms with Gasteiger partial charge in [-0.05, 0) is 55.2 Å². The van der Waals surface area contributed by atoms with Gasteiger partial charge in [-0.3, -0.25) is 4.79 Å². The number of carbonyl (C=O) groups excluding carboxylic acids is 1. The van der Waals surface area contributed by atoms with Crippen LogP contribution in [0.4, 0.5) is 5.69 Å². The van der Waals surface area contributed by atoms with Gasteiger partial charge in [0.2, 0.25) is 11.8 Å². The van der Waals surface area contributed by atoms with Gasteiger partial charge < -0.3 is 24.3 Å². The van der Waals surface area contributed by atoms with Gasteiger partial charge in [0.1, 0.15) is 17.8 Å². The van der Waals surface area contributed by atoms with Crippen LogP contribution in [-0.2, 0) is 28.0 Å². The number of carboxylic acid groups (broad SMARTS) is 1. The molecule has 1 amide bonds. The van der Waals surface area contributed by atoms with E-state index in [9.17, 15) is 14.9 Å². The maximum atomic E-state index is 13.4. The van der Waals surface area contributed by atoms with Gasteiger partial charge in [0.25, 0.3) is 0 Å². The largest absolute Gasteiger partial charge is 0.493 e. The number of benzene rings is 2. The first-order valence-corrected chi connectivity index (χ1v) is 11.5. The van der Waals surface area contributed by atoms with Crippen molar-refractivity contribution in [1.82, 2.24) is 4.98 Å². The first kappa shape index (κ1) is 23.2. The fourth-order valence-corrected chi connectivity index (χ4v) is 4.73. The number of nitrogens with zero attached hydrogens (tertiary/aromatic N) is 2. The molecule has 1 aliphatic heterocycles. The average molecular weight is 485 g/mol. The van der Waals surface area contributed by atoms with Gasteiger partial charge >= 0.3 is 5.97 Å². The SMILES string of the molecule is N#Cc1ccc(CC=CC(=O)O)c(NC(=O)[C@@H]2C[C@]23CCOc2ccc(OCc4ncco4)cc23)c1. The van der Waals surface area contributed by atoms with E-state index in [4.69, 9.17) is 19.0 Å². The summed E-state index contributed by atoms with van der Waals surface area (Å²) in [5, 5.41) is 21.2. The number of carboxylic acids is 1. The van der Waals surface area contributed by atoms with Crippen LogP contribution in [0.5, 0.6) is 11.5 Å². The highest BCUT2D eigenvalue weighted by Gasteiger charge is 2.61. The van der Waals surface area contributed by atoms with E-state index in [-0.39, 0.29) is 23.8 Å². The zero-order valence-electron chi connectivity index (χ0n) is 19.3. The van der Waals surface area contributed by atoms with Crippen LogP contribution >= 0.6 is 0 Å². The maximum Gasteiger partial charge on any atom is 0.327 e. The van der Waals surface area contributed by atoms with Crippen LogP contribution in [0.15, 0.2) is 65.4 Å². The summed E-state index contributed by atoms with van der Waals surface area (Å²) in [7, 11) is 0. The van der Waals surface area contributed by atoms with E-state index in [1.165, 1.54) is 12.3 Å². The second-order valence-corrected chi connectivity index (χ2v) is 8.80. The fraction of sp³-hybridized carbons (Fsp3) is 0.259. The number of amides is 1. The minimum atomic E-state index is -1.05. The van der Waals surface area contributed by atoms with Gasteiger partial charge in [-0.15, -0.1) is 0 Å². The summed E-state index contributed by atoms with van der Waals surface area (Å²) < 4.78 is 16.9. The molecule has 1 spiro atoms. The van der Waals surface area contributed by atoms with E-state index < -0.39 is 5.97 Å². The van der Waals surface area contributed by atoms with Crippen molar-refractivity contribution < 1.29 is 28.6 Å². The van der Waals surface area contributed by atoms with Crippen molar-refractivity contribution >= 4 is 17.6 Å². The standard InChI is InChI=1S/C27H23N3O6/c28-15-17-4-5-18(2-1-3-25(31)32)22(12-17)30-26(33)21-14-27(21)8-10-34-23-7-6-19(13-20(23)27)36-16-24-29-9-11-35-24/h1,3-7,9,11-13,21H,2,8,10,14,16H2,(H,30,33)(H,31,32)/t21-,27-/m0/s1. The zero-order valence-corrected chi connectivity index (χ0v) is 19.3. The number of hydrogen-bond acceptors (Lipinski definition) is 7. The van der Waals surface area contributed by atoms with Gasteiger partial charge in [0, 0.05) is 28.7 Å². The number of nitriles is 1. The molecule has 1 saturated carbocycles. The van der Waals surface area contributed by atoms with Gasteiger partial charge in [0.05, 0.1) is 24.4 Å². The lowest BCUT2D eigenvalue weighted by Crippen LogP contribution is -2.27. The number of fused-ring (bicyclic) bond motifs is 2. The highest BCUT2D eigenvalue weighted by molar-refractivity contribution is 5.97. The summed E-state index contributed by atoms with van der Waals surface area (Å²) in [5.74, 6) is 0.387. The Bertz CT molecular complexity index is 1370. The van der Waals surface area contributed by atoms with Crippen molar-refractivity contribution in [2.75, 3.05) is 11.9 Å². The predicted octanol–water partition coefficient (Wildman–Crippen LogP) is 3.99. The number of aliphatic carboxylic acids is 1. The molecule has 182 valence electrons. The third-order valence-corrected chi connectivity index (χ3v) is 6.63. The molecule has 36 heavy (non-hydrogen) atoms. The van der Waals surface area contributed by atoms with E-state index in [0.717, 1.165) is 23.0 Å². The Balaban J connectivity index is 1.34. The highest BCUT2D eigenvalue weighted by atomic mass is 16.5. The number of anilines is 1. The number of ether oxygens (including phenoxy) is 2. The van der Waals surface area contributed by atoms with Gasteiger partial charge in [-0.2, -0.15) is 5.26 Å². The Morgan fingerprint density at radius 3 is 2.97 bits per heavy atom. The second-order valence-electron chi connectivity index (χ2n) is 8.80. The molecular formula is C27H23N3O6. The molecule has 5 rings (SSSR count). The molecule has 0 saturated heterocycles. The highest BCUT2D eigenvalue weighted by Crippen LogP contribution is 2.61. The Morgan fingerprint density at radius 2 is 2.19 bits per heavy atom.